The van der Waals surface area contributed by atoms with Crippen LogP contribution in [0.3, 0.4) is 0 Å². The maximum atomic E-state index is 13.7. The Kier molecular flexibility index (Phi) is 8.24. The van der Waals surface area contributed by atoms with Crippen LogP contribution in [0, 0.1) is 3.57 Å². The molecule has 0 unspecified atom stereocenters. The zero-order valence-electron chi connectivity index (χ0n) is 21.8. The number of anilines is 1. The Morgan fingerprint density at radius 3 is 2.33 bits per heavy atom. The first-order chi connectivity index (χ1) is 19.3. The molecule has 10 heteroatoms. The van der Waals surface area contributed by atoms with Gasteiger partial charge in [0.2, 0.25) is 11.8 Å². The number of aromatic nitrogens is 2. The zero-order valence-corrected chi connectivity index (χ0v) is 24.0. The molecule has 2 atom stereocenters. The van der Waals surface area contributed by atoms with E-state index in [0.29, 0.717) is 17.0 Å². The molecule has 1 fully saturated rings. The van der Waals surface area contributed by atoms with Gasteiger partial charge in [0.15, 0.2) is 6.61 Å². The number of aromatic hydroxyl groups is 1. The van der Waals surface area contributed by atoms with Crippen LogP contribution >= 0.6 is 22.6 Å². The molecule has 1 saturated heterocycles. The molecule has 3 aromatic carbocycles. The highest BCUT2D eigenvalue weighted by Crippen LogP contribution is 2.35. The van der Waals surface area contributed by atoms with Crippen molar-refractivity contribution in [3.63, 3.8) is 0 Å². The minimum atomic E-state index is -1.05. The number of rotatable bonds is 9. The standard InChI is InChI=1S/C30H29IN4O5/c1-19(20-6-3-2-4-7-20)27(28(37)32-23-12-10-22(31)11-13-23)35-29(38)26(33-30(35)39)21-8-14-24(15-9-21)40-18-25(36)34-16-5-17-34/h2-4,6-15,19,27,38H,5,16-18H2,1H3,(H,32,37)(H,33,39)/t19-,27-/m0/s1. The van der Waals surface area contributed by atoms with Gasteiger partial charge in [0.05, 0.1) is 0 Å². The van der Waals surface area contributed by atoms with Crippen molar-refractivity contribution in [2.75, 3.05) is 25.0 Å². The van der Waals surface area contributed by atoms with Gasteiger partial charge in [-0.15, -0.1) is 0 Å². The van der Waals surface area contributed by atoms with Crippen LogP contribution in [0.15, 0.2) is 83.7 Å². The van der Waals surface area contributed by atoms with Crippen LogP contribution in [0.4, 0.5) is 5.69 Å². The van der Waals surface area contributed by atoms with E-state index in [1.54, 1.807) is 41.3 Å². The van der Waals surface area contributed by atoms with E-state index in [1.165, 1.54) is 0 Å². The van der Waals surface area contributed by atoms with Crippen molar-refractivity contribution in [2.24, 2.45) is 0 Å². The van der Waals surface area contributed by atoms with E-state index in [-0.39, 0.29) is 24.1 Å². The number of nitrogens with zero attached hydrogens (tertiary/aromatic N) is 2. The predicted molar refractivity (Wildman–Crippen MR) is 161 cm³/mol. The lowest BCUT2D eigenvalue weighted by Crippen LogP contribution is -2.44. The van der Waals surface area contributed by atoms with Crippen LogP contribution < -0.4 is 15.7 Å². The molecule has 3 N–H and O–H groups in total. The Morgan fingerprint density at radius 1 is 1.02 bits per heavy atom. The van der Waals surface area contributed by atoms with E-state index in [4.69, 9.17) is 4.74 Å². The Labute approximate surface area is 244 Å². The SMILES string of the molecule is C[C@@H](c1ccccc1)[C@@H](C(=O)Nc1ccc(I)cc1)n1c(O)c(-c2ccc(OCC(=O)N3CCC3)cc2)[nH]c1=O. The molecule has 4 aromatic rings. The summed E-state index contributed by atoms with van der Waals surface area (Å²) in [5, 5.41) is 14.2. The Bertz CT molecular complexity index is 1540. The molecule has 0 saturated carbocycles. The van der Waals surface area contributed by atoms with Gasteiger partial charge in [-0.2, -0.15) is 0 Å². The van der Waals surface area contributed by atoms with E-state index in [1.807, 2.05) is 49.4 Å². The van der Waals surface area contributed by atoms with E-state index < -0.39 is 23.6 Å². The van der Waals surface area contributed by atoms with Gasteiger partial charge < -0.3 is 25.0 Å². The van der Waals surface area contributed by atoms with E-state index in [0.717, 1.165) is 33.2 Å². The average molecular weight is 652 g/mol. The fourth-order valence-corrected chi connectivity index (χ4v) is 5.03. The first kappa shape index (κ1) is 27.5. The van der Waals surface area contributed by atoms with Crippen molar-refractivity contribution in [1.82, 2.24) is 14.5 Å². The summed E-state index contributed by atoms with van der Waals surface area (Å²) in [5.74, 6) is -0.798. The second-order valence-electron chi connectivity index (χ2n) is 9.69. The minimum absolute atomic E-state index is 0.0491. The summed E-state index contributed by atoms with van der Waals surface area (Å²) in [6, 6.07) is 22.4. The number of carbonyl (C=O) groups excluding carboxylic acids is 2. The van der Waals surface area contributed by atoms with E-state index in [9.17, 15) is 19.5 Å². The highest BCUT2D eigenvalue weighted by Gasteiger charge is 2.33. The lowest BCUT2D eigenvalue weighted by atomic mass is 9.92. The van der Waals surface area contributed by atoms with Gasteiger partial charge in [-0.05, 0) is 83.1 Å². The molecule has 9 nitrogen and oxygen atoms in total. The molecule has 40 heavy (non-hydrogen) atoms. The third kappa shape index (κ3) is 5.91. The monoisotopic (exact) mass is 652 g/mol. The van der Waals surface area contributed by atoms with Gasteiger partial charge in [0.1, 0.15) is 17.5 Å². The van der Waals surface area contributed by atoms with E-state index in [2.05, 4.69) is 32.9 Å². The van der Waals surface area contributed by atoms with Crippen LogP contribution in [0.1, 0.15) is 30.9 Å². The maximum absolute atomic E-state index is 13.7. The summed E-state index contributed by atoms with van der Waals surface area (Å²) in [6.07, 6.45) is 1.01. The van der Waals surface area contributed by atoms with Crippen LogP contribution in [0.5, 0.6) is 11.6 Å². The molecule has 1 aliphatic heterocycles. The number of imidazole rings is 1. The quantitative estimate of drug-likeness (QED) is 0.226. The van der Waals surface area contributed by atoms with E-state index >= 15 is 0 Å². The molecule has 206 valence electrons. The minimum Gasteiger partial charge on any atom is -0.493 e. The Balaban J connectivity index is 1.43. The first-order valence-electron chi connectivity index (χ1n) is 13.0. The summed E-state index contributed by atoms with van der Waals surface area (Å²) in [7, 11) is 0. The van der Waals surface area contributed by atoms with Crippen molar-refractivity contribution in [3.05, 3.63) is 98.5 Å². The summed E-state index contributed by atoms with van der Waals surface area (Å²) >= 11 is 2.18. The fourth-order valence-electron chi connectivity index (χ4n) is 4.68. The van der Waals surface area contributed by atoms with Crippen molar-refractivity contribution in [1.29, 1.82) is 0 Å². The topological polar surface area (TPSA) is 117 Å². The fraction of sp³-hybridized carbons (Fsp3) is 0.233. The third-order valence-electron chi connectivity index (χ3n) is 7.07. The number of ether oxygens (including phenoxy) is 1. The molecule has 0 aliphatic carbocycles. The second kappa shape index (κ2) is 12.0. The number of amides is 2. The normalized spacial score (nSPS) is 14.2. The maximum Gasteiger partial charge on any atom is 0.329 e. The summed E-state index contributed by atoms with van der Waals surface area (Å²) in [5.41, 5.74) is 1.52. The number of hydrogen-bond donors (Lipinski definition) is 3. The van der Waals surface area contributed by atoms with Crippen LogP contribution in [-0.4, -0.2) is 51.1 Å². The Morgan fingerprint density at radius 2 is 1.70 bits per heavy atom. The summed E-state index contributed by atoms with van der Waals surface area (Å²) < 4.78 is 7.73. The molecule has 0 bridgehead atoms. The summed E-state index contributed by atoms with van der Waals surface area (Å²) in [4.78, 5) is 43.4. The Hall–Kier alpha value is -4.06. The zero-order chi connectivity index (χ0) is 28.2. The third-order valence-corrected chi connectivity index (χ3v) is 7.79. The van der Waals surface area contributed by atoms with Crippen molar-refractivity contribution >= 4 is 40.1 Å². The van der Waals surface area contributed by atoms with Gasteiger partial charge in [-0.3, -0.25) is 9.59 Å². The number of nitrogens with one attached hydrogen (secondary N) is 2. The number of halogens is 1. The number of carbonyl (C=O) groups is 2. The molecule has 2 heterocycles. The molecule has 5 rings (SSSR count). The van der Waals surface area contributed by atoms with Crippen LogP contribution in [0.25, 0.3) is 11.3 Å². The lowest BCUT2D eigenvalue weighted by Gasteiger charge is -2.30. The average Bonchev–Trinajstić information content (AvgIpc) is 3.22. The first-order valence-corrected chi connectivity index (χ1v) is 14.1. The number of hydrogen-bond acceptors (Lipinski definition) is 5. The number of benzene rings is 3. The van der Waals surface area contributed by atoms with Crippen LogP contribution in [0.2, 0.25) is 0 Å². The van der Waals surface area contributed by atoms with Crippen molar-refractivity contribution < 1.29 is 19.4 Å². The highest BCUT2D eigenvalue weighted by molar-refractivity contribution is 14.1. The lowest BCUT2D eigenvalue weighted by molar-refractivity contribution is -0.136. The summed E-state index contributed by atoms with van der Waals surface area (Å²) in [6.45, 7) is 3.32. The van der Waals surface area contributed by atoms with Gasteiger partial charge in [0.25, 0.3) is 5.91 Å². The van der Waals surface area contributed by atoms with Gasteiger partial charge >= 0.3 is 5.69 Å². The van der Waals surface area contributed by atoms with Gasteiger partial charge in [-0.1, -0.05) is 37.3 Å². The molecule has 0 radical (unpaired) electrons. The van der Waals surface area contributed by atoms with Crippen molar-refractivity contribution in [2.45, 2.75) is 25.3 Å². The number of likely N-dealkylation sites (tertiary alicyclic amines) is 1. The smallest absolute Gasteiger partial charge is 0.329 e. The molecular formula is C30H29IN4O5. The number of aromatic amines is 1. The largest absolute Gasteiger partial charge is 0.493 e. The predicted octanol–water partition coefficient (Wildman–Crippen LogP) is 4.75. The molecular weight excluding hydrogens is 623 g/mol. The molecule has 1 aromatic heterocycles. The van der Waals surface area contributed by atoms with Crippen LogP contribution in [-0.2, 0) is 9.59 Å². The molecule has 0 spiro atoms. The molecule has 1 aliphatic rings. The van der Waals surface area contributed by atoms with Gasteiger partial charge in [-0.25, -0.2) is 9.36 Å². The highest BCUT2D eigenvalue weighted by atomic mass is 127. The van der Waals surface area contributed by atoms with Gasteiger partial charge in [0, 0.05) is 33.8 Å². The molecule has 2 amide bonds. The second-order valence-corrected chi connectivity index (χ2v) is 10.9. The number of H-pyrrole nitrogens is 1. The van der Waals surface area contributed by atoms with Crippen molar-refractivity contribution in [3.8, 4) is 22.9 Å².